The zero-order valence-corrected chi connectivity index (χ0v) is 15.1. The van der Waals surface area contributed by atoms with E-state index in [9.17, 15) is 13.2 Å². The van der Waals surface area contributed by atoms with Gasteiger partial charge in [-0.3, -0.25) is 4.79 Å². The van der Waals surface area contributed by atoms with Crippen molar-refractivity contribution in [2.45, 2.75) is 24.2 Å². The number of rotatable bonds is 4. The number of hydrogen-bond donors (Lipinski definition) is 2. The summed E-state index contributed by atoms with van der Waals surface area (Å²) in [7, 11) is -3.61. The van der Waals surface area contributed by atoms with Crippen molar-refractivity contribution in [2.24, 2.45) is 0 Å². The molecule has 26 heavy (non-hydrogen) atoms. The van der Waals surface area contributed by atoms with E-state index in [0.717, 1.165) is 24.9 Å². The molecule has 7 nitrogen and oxygen atoms in total. The van der Waals surface area contributed by atoms with Crippen LogP contribution in [-0.4, -0.2) is 49.9 Å². The first-order valence-electron chi connectivity index (χ1n) is 8.73. The maximum atomic E-state index is 12.6. The number of ether oxygens (including phenoxy) is 1. The number of carbonyl (C=O) groups is 1. The number of nitrogens with one attached hydrogen (secondary N) is 2. The second kappa shape index (κ2) is 6.86. The summed E-state index contributed by atoms with van der Waals surface area (Å²) in [6, 6.07) is 7.30. The molecule has 1 aromatic heterocycles. The summed E-state index contributed by atoms with van der Waals surface area (Å²) in [5.41, 5.74) is 3.55. The molecule has 2 aliphatic rings. The van der Waals surface area contributed by atoms with Gasteiger partial charge in [0.1, 0.15) is 10.6 Å². The quantitative estimate of drug-likeness (QED) is 0.852. The van der Waals surface area contributed by atoms with Crippen LogP contribution in [0.1, 0.15) is 28.0 Å². The molecule has 2 N–H and O–H groups in total. The minimum atomic E-state index is -3.61. The summed E-state index contributed by atoms with van der Waals surface area (Å²) in [6.45, 7) is 1.42. The molecule has 8 heteroatoms. The van der Waals surface area contributed by atoms with Gasteiger partial charge in [-0.2, -0.15) is 4.31 Å². The standard InChI is InChI=1S/C18H21N3O4S/c22-18(20-15-5-4-13-2-1-3-14(13)10-15)17-11-16(12-19-17)26(23,24)21-6-8-25-9-7-21/h4-5,10-12,19H,1-3,6-9H2,(H,20,22). The number of carbonyl (C=O) groups excluding carboxylic acids is 1. The summed E-state index contributed by atoms with van der Waals surface area (Å²) >= 11 is 0. The van der Waals surface area contributed by atoms with Crippen molar-refractivity contribution < 1.29 is 17.9 Å². The van der Waals surface area contributed by atoms with Crippen molar-refractivity contribution in [1.29, 1.82) is 0 Å². The fourth-order valence-electron chi connectivity index (χ4n) is 3.44. The maximum Gasteiger partial charge on any atom is 0.272 e. The van der Waals surface area contributed by atoms with E-state index >= 15 is 0 Å². The summed E-state index contributed by atoms with van der Waals surface area (Å²) < 4.78 is 31.8. The Kier molecular flexibility index (Phi) is 4.56. The van der Waals surface area contributed by atoms with Crippen molar-refractivity contribution >= 4 is 21.6 Å². The van der Waals surface area contributed by atoms with E-state index in [1.54, 1.807) is 0 Å². The molecule has 2 heterocycles. The van der Waals surface area contributed by atoms with Gasteiger partial charge in [-0.25, -0.2) is 8.42 Å². The molecule has 0 spiro atoms. The number of amides is 1. The van der Waals surface area contributed by atoms with Gasteiger partial charge in [-0.1, -0.05) is 6.07 Å². The van der Waals surface area contributed by atoms with Crippen LogP contribution in [0.15, 0.2) is 35.4 Å². The predicted octanol–water partition coefficient (Wildman–Crippen LogP) is 1.78. The van der Waals surface area contributed by atoms with E-state index in [4.69, 9.17) is 4.74 Å². The second-order valence-electron chi connectivity index (χ2n) is 6.56. The molecule has 1 amide bonds. The molecule has 0 bridgehead atoms. The lowest BCUT2D eigenvalue weighted by Gasteiger charge is -2.25. The van der Waals surface area contributed by atoms with Gasteiger partial charge in [0.25, 0.3) is 5.91 Å². The smallest absolute Gasteiger partial charge is 0.272 e. The highest BCUT2D eigenvalue weighted by Crippen LogP contribution is 2.25. The molecule has 138 valence electrons. The third-order valence-corrected chi connectivity index (χ3v) is 6.74. The first kappa shape index (κ1) is 17.3. The molecule has 1 fully saturated rings. The van der Waals surface area contributed by atoms with Crippen molar-refractivity contribution in [3.8, 4) is 0 Å². The molecule has 0 atom stereocenters. The Labute approximate surface area is 152 Å². The van der Waals surface area contributed by atoms with Crippen molar-refractivity contribution in [1.82, 2.24) is 9.29 Å². The lowest BCUT2D eigenvalue weighted by atomic mass is 10.1. The minimum Gasteiger partial charge on any atom is -0.379 e. The molecule has 4 rings (SSSR count). The average Bonchev–Trinajstić information content (AvgIpc) is 3.32. The Morgan fingerprint density at radius 3 is 2.69 bits per heavy atom. The number of nitrogens with zero attached hydrogens (tertiary/aromatic N) is 1. The maximum absolute atomic E-state index is 12.6. The van der Waals surface area contributed by atoms with Gasteiger partial charge < -0.3 is 15.0 Å². The van der Waals surface area contributed by atoms with Crippen LogP contribution >= 0.6 is 0 Å². The van der Waals surface area contributed by atoms with Crippen LogP contribution in [0.3, 0.4) is 0 Å². The van der Waals surface area contributed by atoms with E-state index in [1.165, 1.54) is 27.7 Å². The van der Waals surface area contributed by atoms with Gasteiger partial charge in [0.15, 0.2) is 0 Å². The van der Waals surface area contributed by atoms with Crippen LogP contribution in [0.2, 0.25) is 0 Å². The van der Waals surface area contributed by atoms with Crippen molar-refractivity contribution in [2.75, 3.05) is 31.6 Å². The number of anilines is 1. The zero-order chi connectivity index (χ0) is 18.1. The number of aromatic amines is 1. The Morgan fingerprint density at radius 1 is 1.12 bits per heavy atom. The first-order chi connectivity index (χ1) is 12.5. The summed E-state index contributed by atoms with van der Waals surface area (Å²) in [5.74, 6) is -0.355. The van der Waals surface area contributed by atoms with Crippen LogP contribution in [0.4, 0.5) is 5.69 Å². The molecular weight excluding hydrogens is 354 g/mol. The Bertz CT molecular complexity index is 930. The van der Waals surface area contributed by atoms with E-state index in [0.29, 0.717) is 26.3 Å². The van der Waals surface area contributed by atoms with Gasteiger partial charge in [0.05, 0.1) is 13.2 Å². The van der Waals surface area contributed by atoms with Crippen LogP contribution in [0, 0.1) is 0 Å². The average molecular weight is 375 g/mol. The number of sulfonamides is 1. The number of aryl methyl sites for hydroxylation is 2. The number of H-pyrrole nitrogens is 1. The van der Waals surface area contributed by atoms with Crippen LogP contribution in [0.25, 0.3) is 0 Å². The third-order valence-electron chi connectivity index (χ3n) is 4.87. The molecule has 1 aromatic carbocycles. The minimum absolute atomic E-state index is 0.0958. The molecule has 1 aliphatic heterocycles. The van der Waals surface area contributed by atoms with Gasteiger partial charge in [0.2, 0.25) is 10.0 Å². The van der Waals surface area contributed by atoms with Crippen LogP contribution in [-0.2, 0) is 27.6 Å². The zero-order valence-electron chi connectivity index (χ0n) is 14.3. The highest BCUT2D eigenvalue weighted by molar-refractivity contribution is 7.89. The number of benzene rings is 1. The van der Waals surface area contributed by atoms with E-state index < -0.39 is 10.0 Å². The lowest BCUT2D eigenvalue weighted by molar-refractivity contribution is 0.0730. The monoisotopic (exact) mass is 375 g/mol. The van der Waals surface area contributed by atoms with Crippen molar-refractivity contribution in [3.05, 3.63) is 47.3 Å². The van der Waals surface area contributed by atoms with Gasteiger partial charge in [-0.05, 0) is 48.6 Å². The SMILES string of the molecule is O=C(Nc1ccc2c(c1)CCC2)c1cc(S(=O)(=O)N2CCOCC2)c[nH]1. The molecule has 2 aromatic rings. The normalized spacial score (nSPS) is 17.8. The molecule has 1 aliphatic carbocycles. The number of morpholine rings is 1. The Hall–Kier alpha value is -2.16. The fraction of sp³-hybridized carbons (Fsp3) is 0.389. The van der Waals surface area contributed by atoms with Crippen molar-refractivity contribution in [3.63, 3.8) is 0 Å². The van der Waals surface area contributed by atoms with Crippen LogP contribution < -0.4 is 5.32 Å². The summed E-state index contributed by atoms with van der Waals surface area (Å²) in [6.07, 6.45) is 4.63. The number of aromatic nitrogens is 1. The first-order valence-corrected chi connectivity index (χ1v) is 10.2. The Morgan fingerprint density at radius 2 is 1.88 bits per heavy atom. The second-order valence-corrected chi connectivity index (χ2v) is 8.49. The summed E-state index contributed by atoms with van der Waals surface area (Å²) in [5, 5.41) is 2.83. The number of hydrogen-bond acceptors (Lipinski definition) is 4. The highest BCUT2D eigenvalue weighted by Gasteiger charge is 2.28. The van der Waals surface area contributed by atoms with E-state index in [2.05, 4.69) is 10.3 Å². The van der Waals surface area contributed by atoms with Gasteiger partial charge in [0, 0.05) is 25.0 Å². The molecule has 1 saturated heterocycles. The topological polar surface area (TPSA) is 91.5 Å². The fourth-order valence-corrected chi connectivity index (χ4v) is 4.84. The van der Waals surface area contributed by atoms with E-state index in [1.807, 2.05) is 18.2 Å². The predicted molar refractivity (Wildman–Crippen MR) is 96.8 cm³/mol. The highest BCUT2D eigenvalue weighted by atomic mass is 32.2. The Balaban J connectivity index is 1.49. The third kappa shape index (κ3) is 3.27. The lowest BCUT2D eigenvalue weighted by Crippen LogP contribution is -2.40. The molecule has 0 unspecified atom stereocenters. The summed E-state index contributed by atoms with van der Waals surface area (Å²) in [4.78, 5) is 15.3. The van der Waals surface area contributed by atoms with Gasteiger partial charge >= 0.3 is 0 Å². The molecule has 0 radical (unpaired) electrons. The molecule has 0 saturated carbocycles. The molecular formula is C18H21N3O4S. The van der Waals surface area contributed by atoms with E-state index in [-0.39, 0.29) is 16.5 Å². The van der Waals surface area contributed by atoms with Crippen LogP contribution in [0.5, 0.6) is 0 Å². The largest absolute Gasteiger partial charge is 0.379 e. The van der Waals surface area contributed by atoms with Gasteiger partial charge in [-0.15, -0.1) is 0 Å². The number of fused-ring (bicyclic) bond motifs is 1.